The number of rotatable bonds is 5. The molecule has 3 N–H and O–H groups in total. The molecule has 0 aromatic heterocycles. The number of benzene rings is 2. The van der Waals surface area contributed by atoms with Crippen LogP contribution in [0.25, 0.3) is 0 Å². The Hall–Kier alpha value is -3.06. The minimum atomic E-state index is -0.644. The maximum atomic E-state index is 14.0. The summed E-state index contributed by atoms with van der Waals surface area (Å²) in [5, 5.41) is 2.36. The fraction of sp³-hybridized carbons (Fsp3) is 0.211. The second kappa shape index (κ2) is 7.05. The second-order valence-electron chi connectivity index (χ2n) is 6.12. The van der Waals surface area contributed by atoms with Gasteiger partial charge < -0.3 is 11.1 Å². The van der Waals surface area contributed by atoms with Gasteiger partial charge in [0, 0.05) is 19.6 Å². The second-order valence-corrected chi connectivity index (χ2v) is 6.12. The van der Waals surface area contributed by atoms with Crippen molar-refractivity contribution in [3.63, 3.8) is 0 Å². The third-order valence-corrected chi connectivity index (χ3v) is 4.30. The van der Waals surface area contributed by atoms with Gasteiger partial charge in [0.2, 0.25) is 0 Å². The van der Waals surface area contributed by atoms with Crippen molar-refractivity contribution < 1.29 is 18.8 Å². The first kappa shape index (κ1) is 17.8. The lowest BCUT2D eigenvalue weighted by atomic mass is 10.0. The maximum Gasteiger partial charge on any atom is 0.261 e. The fourth-order valence-corrected chi connectivity index (χ4v) is 3.01. The van der Waals surface area contributed by atoms with Gasteiger partial charge in [0.25, 0.3) is 17.7 Å². The van der Waals surface area contributed by atoms with Crippen molar-refractivity contribution in [1.82, 2.24) is 10.2 Å². The van der Waals surface area contributed by atoms with E-state index in [1.807, 2.05) is 0 Å². The Morgan fingerprint density at radius 2 is 1.77 bits per heavy atom. The van der Waals surface area contributed by atoms with Gasteiger partial charge in [-0.3, -0.25) is 19.3 Å². The van der Waals surface area contributed by atoms with E-state index >= 15 is 0 Å². The van der Waals surface area contributed by atoms with Crippen LogP contribution in [0.5, 0.6) is 0 Å². The number of nitrogens with two attached hydrogens (primary N) is 1. The van der Waals surface area contributed by atoms with Gasteiger partial charge in [0.1, 0.15) is 5.82 Å². The van der Waals surface area contributed by atoms with E-state index in [1.54, 1.807) is 30.3 Å². The Morgan fingerprint density at radius 1 is 1.15 bits per heavy atom. The molecule has 134 valence electrons. The maximum absolute atomic E-state index is 14.0. The van der Waals surface area contributed by atoms with E-state index in [1.165, 1.54) is 19.2 Å². The van der Waals surface area contributed by atoms with E-state index in [-0.39, 0.29) is 30.3 Å². The predicted molar refractivity (Wildman–Crippen MR) is 93.3 cm³/mol. The number of carbonyl (C=O) groups is 3. The normalized spacial score (nSPS) is 14.3. The summed E-state index contributed by atoms with van der Waals surface area (Å²) in [6.45, 7) is 0.0329. The number of imide groups is 1. The third kappa shape index (κ3) is 3.21. The molecule has 7 heteroatoms. The summed E-state index contributed by atoms with van der Waals surface area (Å²) in [6, 6.07) is 10.3. The van der Waals surface area contributed by atoms with Gasteiger partial charge in [-0.05, 0) is 36.2 Å². The van der Waals surface area contributed by atoms with Crippen molar-refractivity contribution in [1.29, 1.82) is 0 Å². The molecule has 6 nitrogen and oxygen atoms in total. The van der Waals surface area contributed by atoms with Crippen LogP contribution < -0.4 is 11.1 Å². The first-order valence-corrected chi connectivity index (χ1v) is 8.13. The van der Waals surface area contributed by atoms with Crippen LogP contribution in [0.1, 0.15) is 36.6 Å². The van der Waals surface area contributed by atoms with Crippen LogP contribution in [0.3, 0.4) is 0 Å². The van der Waals surface area contributed by atoms with E-state index in [4.69, 9.17) is 5.73 Å². The number of amides is 3. The summed E-state index contributed by atoms with van der Waals surface area (Å²) in [5.41, 5.74) is 7.34. The van der Waals surface area contributed by atoms with Gasteiger partial charge in [0.05, 0.1) is 16.7 Å². The van der Waals surface area contributed by atoms with E-state index < -0.39 is 17.8 Å². The van der Waals surface area contributed by atoms with E-state index in [9.17, 15) is 18.8 Å². The van der Waals surface area contributed by atoms with Crippen molar-refractivity contribution in [2.45, 2.75) is 12.5 Å². The molecule has 0 spiro atoms. The summed E-state index contributed by atoms with van der Waals surface area (Å²) in [4.78, 5) is 37.3. The van der Waals surface area contributed by atoms with Gasteiger partial charge in [-0.25, -0.2) is 4.39 Å². The minimum absolute atomic E-state index is 0.0329. The van der Waals surface area contributed by atoms with E-state index in [0.717, 1.165) is 4.90 Å². The monoisotopic (exact) mass is 355 g/mol. The molecule has 1 atom stereocenters. The van der Waals surface area contributed by atoms with Crippen molar-refractivity contribution >= 4 is 17.7 Å². The molecule has 1 heterocycles. The Kier molecular flexibility index (Phi) is 4.81. The molecule has 0 saturated heterocycles. The first-order chi connectivity index (χ1) is 12.4. The van der Waals surface area contributed by atoms with Crippen molar-refractivity contribution in [2.24, 2.45) is 5.73 Å². The molecule has 1 aliphatic rings. The predicted octanol–water partition coefficient (Wildman–Crippen LogP) is 1.35. The Bertz CT molecular complexity index is 862. The van der Waals surface area contributed by atoms with E-state index in [0.29, 0.717) is 16.7 Å². The highest BCUT2D eigenvalue weighted by molar-refractivity contribution is 6.21. The summed E-state index contributed by atoms with van der Waals surface area (Å²) in [7, 11) is 1.42. The Morgan fingerprint density at radius 3 is 2.31 bits per heavy atom. The zero-order valence-corrected chi connectivity index (χ0v) is 14.2. The van der Waals surface area contributed by atoms with Crippen LogP contribution in [0.4, 0.5) is 4.39 Å². The molecule has 1 unspecified atom stereocenters. The molecule has 0 bridgehead atoms. The SMILES string of the molecule is CNC(=O)c1ccc(CC(N)CN2C(=O)c3ccccc3C2=O)cc1F. The van der Waals surface area contributed by atoms with Crippen LogP contribution in [0, 0.1) is 5.82 Å². The molecule has 2 aromatic rings. The lowest BCUT2D eigenvalue weighted by molar-refractivity contribution is 0.0644. The fourth-order valence-electron chi connectivity index (χ4n) is 3.01. The first-order valence-electron chi connectivity index (χ1n) is 8.13. The molecule has 0 fully saturated rings. The molecule has 2 aromatic carbocycles. The summed E-state index contributed by atoms with van der Waals surface area (Å²) >= 11 is 0. The highest BCUT2D eigenvalue weighted by Crippen LogP contribution is 2.22. The number of hydrogen-bond donors (Lipinski definition) is 2. The number of nitrogens with one attached hydrogen (secondary N) is 1. The van der Waals surface area contributed by atoms with Gasteiger partial charge in [-0.15, -0.1) is 0 Å². The molecule has 3 amide bonds. The quantitative estimate of drug-likeness (QED) is 0.792. The van der Waals surface area contributed by atoms with Crippen LogP contribution in [-0.2, 0) is 6.42 Å². The molecule has 0 saturated carbocycles. The minimum Gasteiger partial charge on any atom is -0.355 e. The topological polar surface area (TPSA) is 92.5 Å². The van der Waals surface area contributed by atoms with Gasteiger partial charge in [-0.2, -0.15) is 0 Å². The number of nitrogens with zero attached hydrogens (tertiary/aromatic N) is 1. The summed E-state index contributed by atoms with van der Waals surface area (Å²) in [6.07, 6.45) is 0.262. The lowest BCUT2D eigenvalue weighted by Crippen LogP contribution is -2.41. The van der Waals surface area contributed by atoms with Crippen molar-refractivity contribution in [2.75, 3.05) is 13.6 Å². The number of halogens is 1. The van der Waals surface area contributed by atoms with Gasteiger partial charge >= 0.3 is 0 Å². The smallest absolute Gasteiger partial charge is 0.261 e. The third-order valence-electron chi connectivity index (χ3n) is 4.30. The van der Waals surface area contributed by atoms with Crippen molar-refractivity contribution in [3.8, 4) is 0 Å². The molecule has 0 radical (unpaired) electrons. The Labute approximate surface area is 149 Å². The average Bonchev–Trinajstić information content (AvgIpc) is 2.86. The van der Waals surface area contributed by atoms with Crippen LogP contribution >= 0.6 is 0 Å². The lowest BCUT2D eigenvalue weighted by Gasteiger charge is -2.19. The van der Waals surface area contributed by atoms with Crippen LogP contribution in [-0.4, -0.2) is 42.3 Å². The molecule has 3 rings (SSSR count). The molecular weight excluding hydrogens is 337 g/mol. The highest BCUT2D eigenvalue weighted by Gasteiger charge is 2.35. The standard InChI is InChI=1S/C19H18FN3O3/c1-22-17(24)15-7-6-11(9-16(15)20)8-12(21)10-23-18(25)13-4-2-3-5-14(13)19(23)26/h2-7,9,12H,8,10,21H2,1H3,(H,22,24). The number of fused-ring (bicyclic) bond motifs is 1. The zero-order chi connectivity index (χ0) is 18.8. The Balaban J connectivity index is 1.69. The molecule has 1 aliphatic heterocycles. The van der Waals surface area contributed by atoms with Crippen molar-refractivity contribution in [3.05, 3.63) is 70.5 Å². The summed E-state index contributed by atoms with van der Waals surface area (Å²) < 4.78 is 14.0. The summed E-state index contributed by atoms with van der Waals surface area (Å²) in [5.74, 6) is -1.90. The largest absolute Gasteiger partial charge is 0.355 e. The zero-order valence-electron chi connectivity index (χ0n) is 14.2. The molecular formula is C19H18FN3O3. The number of carbonyl (C=O) groups excluding carboxylic acids is 3. The van der Waals surface area contributed by atoms with Gasteiger partial charge in [0.15, 0.2) is 0 Å². The average molecular weight is 355 g/mol. The van der Waals surface area contributed by atoms with Crippen LogP contribution in [0.2, 0.25) is 0 Å². The molecule has 0 aliphatic carbocycles. The van der Waals surface area contributed by atoms with E-state index in [2.05, 4.69) is 5.32 Å². The number of hydrogen-bond acceptors (Lipinski definition) is 4. The highest BCUT2D eigenvalue weighted by atomic mass is 19.1. The van der Waals surface area contributed by atoms with Gasteiger partial charge in [-0.1, -0.05) is 18.2 Å². The molecule has 26 heavy (non-hydrogen) atoms. The van der Waals surface area contributed by atoms with Crippen LogP contribution in [0.15, 0.2) is 42.5 Å².